The van der Waals surface area contributed by atoms with E-state index < -0.39 is 0 Å². The Hall–Kier alpha value is -3.83. The van der Waals surface area contributed by atoms with E-state index in [4.69, 9.17) is 26.2 Å². The van der Waals surface area contributed by atoms with Gasteiger partial charge in [-0.2, -0.15) is 5.10 Å². The van der Waals surface area contributed by atoms with Crippen LogP contribution in [0, 0.1) is 0 Å². The van der Waals surface area contributed by atoms with Crippen molar-refractivity contribution in [3.63, 3.8) is 0 Å². The maximum absolute atomic E-state index is 12.9. The van der Waals surface area contributed by atoms with Crippen molar-refractivity contribution in [1.82, 2.24) is 9.78 Å². The number of rotatable bonds is 7. The average Bonchev–Trinajstić information content (AvgIpc) is 3.27. The highest BCUT2D eigenvalue weighted by Gasteiger charge is 2.15. The number of methoxy groups -OCH3 is 2. The summed E-state index contributed by atoms with van der Waals surface area (Å²) in [5, 5.41) is 5.33. The van der Waals surface area contributed by atoms with Gasteiger partial charge in [-0.3, -0.25) is 4.79 Å². The number of nitrogens with zero attached hydrogens (tertiary/aromatic N) is 2. The summed E-state index contributed by atoms with van der Waals surface area (Å²) < 4.78 is 12.3. The highest BCUT2D eigenvalue weighted by atomic mass is 35.5. The Kier molecular flexibility index (Phi) is 6.38. The number of carbonyl (C=O) groups is 1. The lowest BCUT2D eigenvalue weighted by Crippen LogP contribution is -1.99. The first-order chi connectivity index (χ1) is 15.6. The molecule has 0 aliphatic rings. The van der Waals surface area contributed by atoms with Crippen molar-refractivity contribution < 1.29 is 14.3 Å². The van der Waals surface area contributed by atoms with Crippen LogP contribution in [-0.4, -0.2) is 29.8 Å². The van der Waals surface area contributed by atoms with Gasteiger partial charge >= 0.3 is 0 Å². The molecular weight excluding hydrogens is 424 g/mol. The van der Waals surface area contributed by atoms with Crippen LogP contribution in [0.15, 0.2) is 85.1 Å². The minimum atomic E-state index is -0.193. The van der Waals surface area contributed by atoms with Crippen LogP contribution in [0.4, 0.5) is 0 Å². The third-order valence-electron chi connectivity index (χ3n) is 4.98. The van der Waals surface area contributed by atoms with Gasteiger partial charge in [0.05, 0.1) is 30.5 Å². The van der Waals surface area contributed by atoms with Gasteiger partial charge in [0.1, 0.15) is 17.2 Å². The number of para-hydroxylation sites is 1. The molecule has 0 saturated heterocycles. The van der Waals surface area contributed by atoms with E-state index in [1.54, 1.807) is 36.1 Å². The topological polar surface area (TPSA) is 53.4 Å². The fourth-order valence-electron chi connectivity index (χ4n) is 3.34. The molecule has 0 fully saturated rings. The molecule has 5 nitrogen and oxygen atoms in total. The van der Waals surface area contributed by atoms with Gasteiger partial charge in [0.25, 0.3) is 0 Å². The molecule has 1 heterocycles. The van der Waals surface area contributed by atoms with E-state index >= 15 is 0 Å². The van der Waals surface area contributed by atoms with Crippen molar-refractivity contribution in [3.05, 3.63) is 101 Å². The van der Waals surface area contributed by atoms with Gasteiger partial charge in [0, 0.05) is 23.4 Å². The van der Waals surface area contributed by atoms with Crippen LogP contribution in [-0.2, 0) is 0 Å². The number of hydrogen-bond donors (Lipinski definition) is 0. The number of benzene rings is 3. The van der Waals surface area contributed by atoms with E-state index in [2.05, 4.69) is 0 Å². The first-order valence-corrected chi connectivity index (χ1v) is 10.3. The van der Waals surface area contributed by atoms with Gasteiger partial charge in [0.2, 0.25) is 0 Å². The molecule has 3 aromatic carbocycles. The van der Waals surface area contributed by atoms with Crippen molar-refractivity contribution in [2.75, 3.05) is 14.2 Å². The van der Waals surface area contributed by atoms with Crippen LogP contribution in [0.3, 0.4) is 0 Å². The second-order valence-corrected chi connectivity index (χ2v) is 7.36. The molecule has 1 aromatic heterocycles. The zero-order chi connectivity index (χ0) is 22.5. The lowest BCUT2D eigenvalue weighted by Gasteiger charge is -2.08. The largest absolute Gasteiger partial charge is 0.497 e. The molecule has 0 unspecified atom stereocenters. The van der Waals surface area contributed by atoms with Crippen LogP contribution in [0.1, 0.15) is 15.9 Å². The molecule has 0 N–H and O–H groups in total. The molecule has 0 radical (unpaired) electrons. The number of carbonyl (C=O) groups excluding carboxylic acids is 1. The van der Waals surface area contributed by atoms with E-state index in [0.717, 1.165) is 16.8 Å². The Bertz CT molecular complexity index is 1280. The molecule has 0 bridgehead atoms. The van der Waals surface area contributed by atoms with Crippen LogP contribution >= 0.6 is 11.6 Å². The van der Waals surface area contributed by atoms with Crippen molar-refractivity contribution in [3.8, 4) is 28.4 Å². The summed E-state index contributed by atoms with van der Waals surface area (Å²) >= 11 is 6.44. The molecule has 0 saturated carbocycles. The molecule has 32 heavy (non-hydrogen) atoms. The summed E-state index contributed by atoms with van der Waals surface area (Å²) in [5.74, 6) is 0.875. The lowest BCUT2D eigenvalue weighted by atomic mass is 10.1. The van der Waals surface area contributed by atoms with Gasteiger partial charge in [0.15, 0.2) is 5.78 Å². The smallest absolute Gasteiger partial charge is 0.189 e. The van der Waals surface area contributed by atoms with Crippen molar-refractivity contribution in [2.24, 2.45) is 0 Å². The molecule has 0 amide bonds. The van der Waals surface area contributed by atoms with Crippen molar-refractivity contribution in [1.29, 1.82) is 0 Å². The fourth-order valence-corrected chi connectivity index (χ4v) is 3.57. The van der Waals surface area contributed by atoms with E-state index in [1.165, 1.54) is 13.2 Å². The van der Waals surface area contributed by atoms with Gasteiger partial charge in [-0.1, -0.05) is 48.0 Å². The number of hydrogen-bond acceptors (Lipinski definition) is 4. The maximum Gasteiger partial charge on any atom is 0.189 e. The highest BCUT2D eigenvalue weighted by Crippen LogP contribution is 2.31. The van der Waals surface area contributed by atoms with Crippen molar-refractivity contribution in [2.45, 2.75) is 0 Å². The number of ether oxygens (including phenoxy) is 2. The van der Waals surface area contributed by atoms with E-state index in [9.17, 15) is 4.79 Å². The Balaban J connectivity index is 1.74. The standard InChI is InChI=1S/C26H21ClN2O3/c1-31-20-13-14-22(25(16-20)32-2)24(30)15-12-18-17-29(19-8-4-3-5-9-19)28-26(18)21-10-6-7-11-23(21)27/h3-17H,1-2H3/b15-12+. The van der Waals surface area contributed by atoms with E-state index in [1.807, 2.05) is 60.8 Å². The summed E-state index contributed by atoms with van der Waals surface area (Å²) in [6, 6.07) is 22.4. The molecular formula is C26H21ClN2O3. The fraction of sp³-hybridized carbons (Fsp3) is 0.0769. The quantitative estimate of drug-likeness (QED) is 0.255. The average molecular weight is 445 g/mol. The minimum absolute atomic E-state index is 0.193. The molecule has 0 spiro atoms. The Morgan fingerprint density at radius 2 is 1.72 bits per heavy atom. The monoisotopic (exact) mass is 444 g/mol. The zero-order valence-corrected chi connectivity index (χ0v) is 18.4. The van der Waals surface area contributed by atoms with Crippen LogP contribution in [0.25, 0.3) is 23.0 Å². The molecule has 0 aliphatic heterocycles. The lowest BCUT2D eigenvalue weighted by molar-refractivity contribution is 0.104. The van der Waals surface area contributed by atoms with E-state index in [-0.39, 0.29) is 5.78 Å². The van der Waals surface area contributed by atoms with Crippen molar-refractivity contribution >= 4 is 23.5 Å². The van der Waals surface area contributed by atoms with Crippen LogP contribution in [0.5, 0.6) is 11.5 Å². The molecule has 0 atom stereocenters. The summed E-state index contributed by atoms with van der Waals surface area (Å²) in [6.45, 7) is 0. The molecule has 4 rings (SSSR count). The second-order valence-electron chi connectivity index (χ2n) is 6.96. The first kappa shape index (κ1) is 21.4. The maximum atomic E-state index is 12.9. The summed E-state index contributed by atoms with van der Waals surface area (Å²) in [7, 11) is 3.09. The normalized spacial score (nSPS) is 11.0. The Labute approximate surface area is 191 Å². The first-order valence-electron chi connectivity index (χ1n) is 9.95. The molecule has 4 aromatic rings. The summed E-state index contributed by atoms with van der Waals surface area (Å²) in [6.07, 6.45) is 5.14. The van der Waals surface area contributed by atoms with Gasteiger partial charge < -0.3 is 9.47 Å². The number of halogens is 1. The summed E-state index contributed by atoms with van der Waals surface area (Å²) in [4.78, 5) is 12.9. The van der Waals surface area contributed by atoms with Gasteiger partial charge in [-0.05, 0) is 42.5 Å². The number of ketones is 1. The molecule has 160 valence electrons. The molecule has 6 heteroatoms. The molecule has 0 aliphatic carbocycles. The van der Waals surface area contributed by atoms with Crippen LogP contribution < -0.4 is 9.47 Å². The zero-order valence-electron chi connectivity index (χ0n) is 17.7. The predicted octanol–water partition coefficient (Wildman–Crippen LogP) is 6.11. The third kappa shape index (κ3) is 4.43. The van der Waals surface area contributed by atoms with Crippen LogP contribution in [0.2, 0.25) is 5.02 Å². The summed E-state index contributed by atoms with van der Waals surface area (Å²) in [5.41, 5.74) is 3.59. The highest BCUT2D eigenvalue weighted by molar-refractivity contribution is 6.33. The predicted molar refractivity (Wildman–Crippen MR) is 127 cm³/mol. The Morgan fingerprint density at radius 1 is 0.969 bits per heavy atom. The number of allylic oxidation sites excluding steroid dienone is 1. The SMILES string of the molecule is COc1ccc(C(=O)/C=C/c2cn(-c3ccccc3)nc2-c2ccccc2Cl)c(OC)c1. The minimum Gasteiger partial charge on any atom is -0.497 e. The second kappa shape index (κ2) is 9.54. The van der Waals surface area contributed by atoms with E-state index in [0.29, 0.717) is 27.8 Å². The van der Waals surface area contributed by atoms with Gasteiger partial charge in [-0.25, -0.2) is 4.68 Å². The number of aromatic nitrogens is 2. The van der Waals surface area contributed by atoms with Gasteiger partial charge in [-0.15, -0.1) is 0 Å². The Morgan fingerprint density at radius 3 is 2.44 bits per heavy atom. The third-order valence-corrected chi connectivity index (χ3v) is 5.31.